The van der Waals surface area contributed by atoms with Crippen LogP contribution in [-0.4, -0.2) is 51.8 Å². The van der Waals surface area contributed by atoms with E-state index >= 15 is 0 Å². The van der Waals surface area contributed by atoms with Crippen LogP contribution >= 0.6 is 0 Å². The van der Waals surface area contributed by atoms with E-state index in [1.54, 1.807) is 7.11 Å². The number of rotatable bonds is 7. The Balaban J connectivity index is 1.96. The smallest absolute Gasteiger partial charge is 0.241 e. The van der Waals surface area contributed by atoms with E-state index in [4.69, 9.17) is 9.47 Å². The van der Waals surface area contributed by atoms with Gasteiger partial charge in [0.05, 0.1) is 19.3 Å². The number of hydrogen-bond acceptors (Lipinski definition) is 4. The van der Waals surface area contributed by atoms with Crippen LogP contribution in [0.5, 0.6) is 5.75 Å². The van der Waals surface area contributed by atoms with Crippen molar-refractivity contribution in [1.82, 2.24) is 16.0 Å². The van der Waals surface area contributed by atoms with Gasteiger partial charge >= 0.3 is 0 Å². The molecule has 2 rings (SSSR count). The summed E-state index contributed by atoms with van der Waals surface area (Å²) in [6.07, 6.45) is 0.849. The van der Waals surface area contributed by atoms with Crippen molar-refractivity contribution in [3.63, 3.8) is 0 Å². The maximum Gasteiger partial charge on any atom is 0.241 e. The van der Waals surface area contributed by atoms with Crippen LogP contribution in [-0.2, 0) is 9.53 Å². The Morgan fingerprint density at radius 1 is 1.38 bits per heavy atom. The van der Waals surface area contributed by atoms with E-state index in [-0.39, 0.29) is 18.5 Å². The number of nitrogens with one attached hydrogen (secondary N) is 3. The van der Waals surface area contributed by atoms with Crippen LogP contribution in [0.15, 0.2) is 29.3 Å². The number of para-hydroxylation sites is 1. The maximum atomic E-state index is 11.8. The number of hydrogen-bond donors (Lipinski definition) is 3. The maximum absolute atomic E-state index is 11.8. The second-order valence-electron chi connectivity index (χ2n) is 5.41. The largest absolute Gasteiger partial charge is 0.493 e. The molecule has 132 valence electrons. The van der Waals surface area contributed by atoms with Crippen LogP contribution < -0.4 is 20.7 Å². The fourth-order valence-corrected chi connectivity index (χ4v) is 2.48. The molecule has 7 nitrogen and oxygen atoms in total. The predicted molar refractivity (Wildman–Crippen MR) is 93.3 cm³/mol. The number of ether oxygens (including phenoxy) is 2. The molecule has 7 heteroatoms. The molecular formula is C17H26N4O3. The van der Waals surface area contributed by atoms with E-state index in [0.29, 0.717) is 25.7 Å². The highest BCUT2D eigenvalue weighted by molar-refractivity contribution is 5.85. The summed E-state index contributed by atoms with van der Waals surface area (Å²) in [5, 5.41) is 9.32. The summed E-state index contributed by atoms with van der Waals surface area (Å²) >= 11 is 0. The summed E-state index contributed by atoms with van der Waals surface area (Å²) in [4.78, 5) is 16.1. The molecule has 1 aromatic rings. The minimum absolute atomic E-state index is 0.0733. The predicted octanol–water partition coefficient (Wildman–Crippen LogP) is 0.828. The summed E-state index contributed by atoms with van der Waals surface area (Å²) in [6, 6.07) is 8.09. The zero-order valence-corrected chi connectivity index (χ0v) is 14.3. The summed E-state index contributed by atoms with van der Waals surface area (Å²) in [5.41, 5.74) is 1.11. The van der Waals surface area contributed by atoms with Gasteiger partial charge < -0.3 is 25.4 Å². The van der Waals surface area contributed by atoms with Gasteiger partial charge in [0.25, 0.3) is 0 Å². The van der Waals surface area contributed by atoms with Crippen molar-refractivity contribution in [1.29, 1.82) is 0 Å². The first kappa shape index (κ1) is 18.1. The fraction of sp³-hybridized carbons (Fsp3) is 0.529. The van der Waals surface area contributed by atoms with Crippen molar-refractivity contribution in [2.45, 2.75) is 19.4 Å². The third kappa shape index (κ3) is 5.42. The molecule has 0 radical (unpaired) electrons. The number of methoxy groups -OCH3 is 1. The molecule has 0 aromatic heterocycles. The number of fused-ring (bicyclic) bond motifs is 1. The SMILES string of the molecule is CCNC(=NCC(=O)NCCOC)NC1CCOc2ccccc21. The van der Waals surface area contributed by atoms with Gasteiger partial charge in [0.15, 0.2) is 5.96 Å². The number of carbonyl (C=O) groups is 1. The second-order valence-corrected chi connectivity index (χ2v) is 5.41. The van der Waals surface area contributed by atoms with E-state index in [2.05, 4.69) is 20.9 Å². The topological polar surface area (TPSA) is 84.0 Å². The van der Waals surface area contributed by atoms with Gasteiger partial charge in [-0.3, -0.25) is 4.79 Å². The first-order chi connectivity index (χ1) is 11.7. The van der Waals surface area contributed by atoms with Gasteiger partial charge in [-0.15, -0.1) is 0 Å². The Bertz CT molecular complexity index is 563. The molecule has 1 heterocycles. The molecule has 0 saturated carbocycles. The average molecular weight is 334 g/mol. The Kier molecular flexibility index (Phi) is 7.35. The van der Waals surface area contributed by atoms with Crippen molar-refractivity contribution < 1.29 is 14.3 Å². The standard InChI is InChI=1S/C17H26N4O3/c1-3-18-17(20-12-16(22)19-9-11-23-2)21-14-8-10-24-15-7-5-4-6-13(14)15/h4-7,14H,3,8-12H2,1-2H3,(H,19,22)(H2,18,20,21). The molecule has 0 saturated heterocycles. The fourth-order valence-electron chi connectivity index (χ4n) is 2.48. The number of benzene rings is 1. The highest BCUT2D eigenvalue weighted by atomic mass is 16.5. The molecule has 1 amide bonds. The minimum Gasteiger partial charge on any atom is -0.493 e. The lowest BCUT2D eigenvalue weighted by Gasteiger charge is -2.28. The van der Waals surface area contributed by atoms with Gasteiger partial charge in [-0.2, -0.15) is 0 Å². The lowest BCUT2D eigenvalue weighted by molar-refractivity contribution is -0.119. The summed E-state index contributed by atoms with van der Waals surface area (Å²) in [5.74, 6) is 1.40. The van der Waals surface area contributed by atoms with E-state index < -0.39 is 0 Å². The Morgan fingerprint density at radius 3 is 3.00 bits per heavy atom. The van der Waals surface area contributed by atoms with Gasteiger partial charge in [0.1, 0.15) is 12.3 Å². The summed E-state index contributed by atoms with van der Waals surface area (Å²) < 4.78 is 10.6. The first-order valence-electron chi connectivity index (χ1n) is 8.26. The number of aliphatic imine (C=N–C) groups is 1. The van der Waals surface area contributed by atoms with Crippen LogP contribution in [0.25, 0.3) is 0 Å². The zero-order valence-electron chi connectivity index (χ0n) is 14.3. The van der Waals surface area contributed by atoms with Crippen molar-refractivity contribution in [2.75, 3.05) is 40.0 Å². The molecule has 3 N–H and O–H groups in total. The molecule has 0 bridgehead atoms. The Labute approximate surface area is 142 Å². The highest BCUT2D eigenvalue weighted by Crippen LogP contribution is 2.31. The monoisotopic (exact) mass is 334 g/mol. The number of amides is 1. The van der Waals surface area contributed by atoms with Gasteiger partial charge in [-0.1, -0.05) is 18.2 Å². The van der Waals surface area contributed by atoms with E-state index in [1.165, 1.54) is 0 Å². The van der Waals surface area contributed by atoms with Crippen molar-refractivity contribution in [3.8, 4) is 5.75 Å². The lowest BCUT2D eigenvalue weighted by atomic mass is 10.0. The second kappa shape index (κ2) is 9.77. The summed E-state index contributed by atoms with van der Waals surface area (Å²) in [6.45, 7) is 4.43. The van der Waals surface area contributed by atoms with Crippen molar-refractivity contribution >= 4 is 11.9 Å². The molecule has 0 aliphatic carbocycles. The normalized spacial score (nSPS) is 16.8. The van der Waals surface area contributed by atoms with Gasteiger partial charge in [0.2, 0.25) is 5.91 Å². The molecule has 24 heavy (non-hydrogen) atoms. The molecular weight excluding hydrogens is 308 g/mol. The third-order valence-corrected chi connectivity index (χ3v) is 3.62. The quantitative estimate of drug-likeness (QED) is 0.391. The van der Waals surface area contributed by atoms with Crippen LogP contribution in [0.4, 0.5) is 0 Å². The minimum atomic E-state index is -0.128. The van der Waals surface area contributed by atoms with Gasteiger partial charge in [0, 0.05) is 32.2 Å². The number of nitrogens with zero attached hydrogens (tertiary/aromatic N) is 1. The van der Waals surface area contributed by atoms with Gasteiger partial charge in [-0.25, -0.2) is 4.99 Å². The van der Waals surface area contributed by atoms with Crippen molar-refractivity contribution in [3.05, 3.63) is 29.8 Å². The lowest BCUT2D eigenvalue weighted by Crippen LogP contribution is -2.42. The third-order valence-electron chi connectivity index (χ3n) is 3.62. The van der Waals surface area contributed by atoms with Crippen LogP contribution in [0.1, 0.15) is 24.9 Å². The first-order valence-corrected chi connectivity index (χ1v) is 8.26. The van der Waals surface area contributed by atoms with Crippen LogP contribution in [0.3, 0.4) is 0 Å². The molecule has 0 spiro atoms. The molecule has 1 atom stereocenters. The molecule has 1 aromatic carbocycles. The van der Waals surface area contributed by atoms with Gasteiger partial charge in [-0.05, 0) is 13.0 Å². The average Bonchev–Trinajstić information content (AvgIpc) is 2.60. The summed E-state index contributed by atoms with van der Waals surface area (Å²) in [7, 11) is 1.60. The zero-order chi connectivity index (χ0) is 17.2. The molecule has 1 aliphatic rings. The Hall–Kier alpha value is -2.28. The van der Waals surface area contributed by atoms with Crippen LogP contribution in [0, 0.1) is 0 Å². The number of guanidine groups is 1. The van der Waals surface area contributed by atoms with E-state index in [9.17, 15) is 4.79 Å². The van der Waals surface area contributed by atoms with E-state index in [0.717, 1.165) is 24.3 Å². The van der Waals surface area contributed by atoms with Crippen LogP contribution in [0.2, 0.25) is 0 Å². The highest BCUT2D eigenvalue weighted by Gasteiger charge is 2.21. The molecule has 0 fully saturated rings. The van der Waals surface area contributed by atoms with Crippen molar-refractivity contribution in [2.24, 2.45) is 4.99 Å². The Morgan fingerprint density at radius 2 is 2.21 bits per heavy atom. The van der Waals surface area contributed by atoms with E-state index in [1.807, 2.05) is 31.2 Å². The molecule has 1 aliphatic heterocycles. The number of carbonyl (C=O) groups excluding carboxylic acids is 1. The molecule has 1 unspecified atom stereocenters.